The van der Waals surface area contributed by atoms with E-state index in [0.29, 0.717) is 6.04 Å². The molecule has 1 aromatic heterocycles. The highest BCUT2D eigenvalue weighted by Gasteiger charge is 2.22. The van der Waals surface area contributed by atoms with E-state index in [1.165, 1.54) is 29.9 Å². The van der Waals surface area contributed by atoms with E-state index in [2.05, 4.69) is 36.7 Å². The van der Waals surface area contributed by atoms with E-state index in [1.54, 1.807) is 0 Å². The van der Waals surface area contributed by atoms with Crippen molar-refractivity contribution in [2.75, 3.05) is 6.54 Å². The first-order valence-corrected chi connectivity index (χ1v) is 5.14. The number of nitrogens with zero attached hydrogens (tertiary/aromatic N) is 1. The Morgan fingerprint density at radius 3 is 2.62 bits per heavy atom. The summed E-state index contributed by atoms with van der Waals surface area (Å²) >= 11 is 0. The molecule has 0 unspecified atom stereocenters. The fraction of sp³-hybridized carbons (Fsp3) is 0.636. The standard InChI is InChI=1S/C11H18N2/c1-4-13-8(2)7-10(9(13)3)11-5-6-12-11/h7,11-12H,4-6H2,1-3H3/t11-/m1/s1. The van der Waals surface area contributed by atoms with Gasteiger partial charge in [0, 0.05) is 24.0 Å². The Balaban J connectivity index is 2.35. The minimum absolute atomic E-state index is 0.631. The Morgan fingerprint density at radius 2 is 2.23 bits per heavy atom. The van der Waals surface area contributed by atoms with Gasteiger partial charge in [0.05, 0.1) is 0 Å². The Bertz CT molecular complexity index is 308. The van der Waals surface area contributed by atoms with Gasteiger partial charge in [-0.15, -0.1) is 0 Å². The van der Waals surface area contributed by atoms with Crippen LogP contribution in [0.25, 0.3) is 0 Å². The van der Waals surface area contributed by atoms with Crippen molar-refractivity contribution >= 4 is 0 Å². The molecule has 0 bridgehead atoms. The summed E-state index contributed by atoms with van der Waals surface area (Å²) in [7, 11) is 0. The van der Waals surface area contributed by atoms with E-state index in [0.717, 1.165) is 6.54 Å². The minimum Gasteiger partial charge on any atom is -0.349 e. The molecule has 2 rings (SSSR count). The molecule has 0 amide bonds. The van der Waals surface area contributed by atoms with Crippen molar-refractivity contribution in [3.8, 4) is 0 Å². The van der Waals surface area contributed by atoms with Crippen molar-refractivity contribution in [3.05, 3.63) is 23.0 Å². The van der Waals surface area contributed by atoms with Crippen molar-refractivity contribution in [1.29, 1.82) is 0 Å². The SMILES string of the molecule is CCn1c(C)cc([C@H]2CCN2)c1C. The average Bonchev–Trinajstić information content (AvgIpc) is 2.25. The molecule has 1 saturated heterocycles. The lowest BCUT2D eigenvalue weighted by atomic mass is 9.98. The van der Waals surface area contributed by atoms with E-state index in [9.17, 15) is 0 Å². The van der Waals surface area contributed by atoms with Gasteiger partial charge in [0.25, 0.3) is 0 Å². The lowest BCUT2D eigenvalue weighted by Crippen LogP contribution is -2.35. The molecule has 0 aromatic carbocycles. The van der Waals surface area contributed by atoms with Gasteiger partial charge in [-0.2, -0.15) is 0 Å². The van der Waals surface area contributed by atoms with Gasteiger partial charge in [-0.25, -0.2) is 0 Å². The second-order valence-electron chi connectivity index (χ2n) is 3.87. The zero-order chi connectivity index (χ0) is 9.42. The zero-order valence-electron chi connectivity index (χ0n) is 8.72. The van der Waals surface area contributed by atoms with Crippen LogP contribution in [0, 0.1) is 13.8 Å². The Morgan fingerprint density at radius 1 is 1.54 bits per heavy atom. The summed E-state index contributed by atoms with van der Waals surface area (Å²) in [6.45, 7) is 8.90. The van der Waals surface area contributed by atoms with Crippen molar-refractivity contribution in [2.24, 2.45) is 0 Å². The van der Waals surface area contributed by atoms with Crippen LogP contribution >= 0.6 is 0 Å². The quantitative estimate of drug-likeness (QED) is 0.734. The van der Waals surface area contributed by atoms with Gasteiger partial charge in [-0.05, 0) is 45.4 Å². The second-order valence-corrected chi connectivity index (χ2v) is 3.87. The van der Waals surface area contributed by atoms with Crippen LogP contribution in [0.1, 0.15) is 36.3 Å². The molecule has 1 atom stereocenters. The molecule has 0 spiro atoms. The number of hydrogen-bond donors (Lipinski definition) is 1. The third-order valence-electron chi connectivity index (χ3n) is 3.13. The highest BCUT2D eigenvalue weighted by atomic mass is 15.0. The third-order valence-corrected chi connectivity index (χ3v) is 3.13. The van der Waals surface area contributed by atoms with Crippen LogP contribution in [0.3, 0.4) is 0 Å². The highest BCUT2D eigenvalue weighted by Crippen LogP contribution is 2.28. The summed E-state index contributed by atoms with van der Waals surface area (Å²) in [5, 5.41) is 3.45. The van der Waals surface area contributed by atoms with Crippen molar-refractivity contribution in [1.82, 2.24) is 9.88 Å². The van der Waals surface area contributed by atoms with Gasteiger partial charge in [0.1, 0.15) is 0 Å². The second kappa shape index (κ2) is 3.18. The van der Waals surface area contributed by atoms with Crippen LogP contribution in [0.2, 0.25) is 0 Å². The Hall–Kier alpha value is -0.760. The van der Waals surface area contributed by atoms with Gasteiger partial charge in [0.15, 0.2) is 0 Å². The van der Waals surface area contributed by atoms with Gasteiger partial charge in [0.2, 0.25) is 0 Å². The van der Waals surface area contributed by atoms with Gasteiger partial charge < -0.3 is 9.88 Å². The monoisotopic (exact) mass is 178 g/mol. The molecule has 1 aliphatic heterocycles. The Labute approximate surface area is 79.9 Å². The molecule has 1 aromatic rings. The third kappa shape index (κ3) is 1.29. The number of aryl methyl sites for hydroxylation is 1. The van der Waals surface area contributed by atoms with Crippen LogP contribution in [-0.2, 0) is 6.54 Å². The van der Waals surface area contributed by atoms with Crippen molar-refractivity contribution < 1.29 is 0 Å². The topological polar surface area (TPSA) is 17.0 Å². The van der Waals surface area contributed by atoms with E-state index >= 15 is 0 Å². The van der Waals surface area contributed by atoms with E-state index in [1.807, 2.05) is 0 Å². The van der Waals surface area contributed by atoms with Crippen LogP contribution in [0.5, 0.6) is 0 Å². The first kappa shape index (κ1) is 8.82. The van der Waals surface area contributed by atoms with Crippen LogP contribution in [-0.4, -0.2) is 11.1 Å². The number of nitrogens with one attached hydrogen (secondary N) is 1. The van der Waals surface area contributed by atoms with Crippen molar-refractivity contribution in [2.45, 2.75) is 39.8 Å². The lowest BCUT2D eigenvalue weighted by Gasteiger charge is -2.28. The number of aromatic nitrogens is 1. The molecule has 0 radical (unpaired) electrons. The molecule has 1 aliphatic rings. The molecule has 2 heteroatoms. The van der Waals surface area contributed by atoms with Crippen LogP contribution in [0.15, 0.2) is 6.07 Å². The summed E-state index contributed by atoms with van der Waals surface area (Å²) in [4.78, 5) is 0. The molecule has 13 heavy (non-hydrogen) atoms. The fourth-order valence-corrected chi connectivity index (χ4v) is 2.22. The molecular formula is C11H18N2. The molecule has 2 heterocycles. The summed E-state index contributed by atoms with van der Waals surface area (Å²) < 4.78 is 2.38. The summed E-state index contributed by atoms with van der Waals surface area (Å²) in [5.41, 5.74) is 4.34. The zero-order valence-corrected chi connectivity index (χ0v) is 8.72. The first-order valence-electron chi connectivity index (χ1n) is 5.14. The first-order chi connectivity index (χ1) is 6.24. The molecule has 2 nitrogen and oxygen atoms in total. The summed E-state index contributed by atoms with van der Waals surface area (Å²) in [5.74, 6) is 0. The summed E-state index contributed by atoms with van der Waals surface area (Å²) in [6, 6.07) is 2.96. The normalized spacial score (nSPS) is 21.6. The average molecular weight is 178 g/mol. The molecular weight excluding hydrogens is 160 g/mol. The minimum atomic E-state index is 0.631. The number of hydrogen-bond acceptors (Lipinski definition) is 1. The molecule has 1 fully saturated rings. The van der Waals surface area contributed by atoms with Gasteiger partial charge >= 0.3 is 0 Å². The molecule has 0 saturated carbocycles. The maximum atomic E-state index is 3.45. The predicted octanol–water partition coefficient (Wildman–Crippen LogP) is 2.16. The largest absolute Gasteiger partial charge is 0.349 e. The van der Waals surface area contributed by atoms with E-state index in [-0.39, 0.29) is 0 Å². The van der Waals surface area contributed by atoms with Crippen LogP contribution < -0.4 is 5.32 Å². The van der Waals surface area contributed by atoms with Gasteiger partial charge in [-0.3, -0.25) is 0 Å². The smallest absolute Gasteiger partial charge is 0.0350 e. The predicted molar refractivity (Wildman–Crippen MR) is 54.9 cm³/mol. The molecule has 72 valence electrons. The fourth-order valence-electron chi connectivity index (χ4n) is 2.22. The number of rotatable bonds is 2. The Kier molecular flexibility index (Phi) is 2.16. The maximum absolute atomic E-state index is 3.45. The molecule has 0 aliphatic carbocycles. The molecule has 1 N–H and O–H groups in total. The van der Waals surface area contributed by atoms with E-state index in [4.69, 9.17) is 0 Å². The van der Waals surface area contributed by atoms with Crippen molar-refractivity contribution in [3.63, 3.8) is 0 Å². The highest BCUT2D eigenvalue weighted by molar-refractivity contribution is 5.30. The summed E-state index contributed by atoms with van der Waals surface area (Å²) in [6.07, 6.45) is 1.30. The van der Waals surface area contributed by atoms with Crippen LogP contribution in [0.4, 0.5) is 0 Å². The van der Waals surface area contributed by atoms with Gasteiger partial charge in [-0.1, -0.05) is 0 Å². The van der Waals surface area contributed by atoms with E-state index < -0.39 is 0 Å². The maximum Gasteiger partial charge on any atom is 0.0350 e. The lowest BCUT2D eigenvalue weighted by molar-refractivity contribution is 0.381.